The van der Waals surface area contributed by atoms with Crippen molar-refractivity contribution in [1.82, 2.24) is 0 Å². The monoisotopic (exact) mass is 200 g/mol. The van der Waals surface area contributed by atoms with Gasteiger partial charge in [0.15, 0.2) is 5.41 Å². The van der Waals surface area contributed by atoms with Gasteiger partial charge in [0.2, 0.25) is 0 Å². The van der Waals surface area contributed by atoms with Crippen LogP contribution in [-0.4, -0.2) is 0 Å². The summed E-state index contributed by atoms with van der Waals surface area (Å²) >= 11 is 0. The van der Waals surface area contributed by atoms with Crippen LogP contribution in [0.25, 0.3) is 0 Å². The third-order valence-electron chi connectivity index (χ3n) is 2.44. The third-order valence-corrected chi connectivity index (χ3v) is 2.44. The van der Waals surface area contributed by atoms with E-state index in [1.165, 1.54) is 0 Å². The summed E-state index contributed by atoms with van der Waals surface area (Å²) in [7, 11) is 0. The molecule has 0 aliphatic carbocycles. The van der Waals surface area contributed by atoms with Crippen molar-refractivity contribution in [3.63, 3.8) is 0 Å². The van der Waals surface area contributed by atoms with Gasteiger partial charge >= 0.3 is 0 Å². The molecule has 0 amide bonds. The molecule has 0 radical (unpaired) electrons. The van der Waals surface area contributed by atoms with Gasteiger partial charge in [-0.25, -0.2) is 0 Å². The predicted molar refractivity (Wildman–Crippen MR) is 52.5 cm³/mol. The van der Waals surface area contributed by atoms with Gasteiger partial charge in [0, 0.05) is 6.42 Å². The first-order valence-corrected chi connectivity index (χ1v) is 4.76. The molecule has 0 bridgehead atoms. The van der Waals surface area contributed by atoms with Crippen molar-refractivity contribution in [1.29, 1.82) is 21.0 Å². The van der Waals surface area contributed by atoms with Crippen LogP contribution in [-0.2, 0) is 0 Å². The zero-order valence-corrected chi connectivity index (χ0v) is 8.69. The first-order valence-electron chi connectivity index (χ1n) is 4.76. The molecule has 0 N–H and O–H groups in total. The lowest BCUT2D eigenvalue weighted by Gasteiger charge is -2.20. The lowest BCUT2D eigenvalue weighted by Crippen LogP contribution is -2.24. The molecular weight excluding hydrogens is 188 g/mol. The molecule has 1 atom stereocenters. The second-order valence-electron chi connectivity index (χ2n) is 3.41. The van der Waals surface area contributed by atoms with Gasteiger partial charge in [-0.2, -0.15) is 21.0 Å². The molecule has 4 nitrogen and oxygen atoms in total. The van der Waals surface area contributed by atoms with Crippen LogP contribution in [0.5, 0.6) is 0 Å². The normalized spacial score (nSPS) is 11.5. The second-order valence-corrected chi connectivity index (χ2v) is 3.41. The number of nitrogens with zero attached hydrogens (tertiary/aromatic N) is 4. The number of hydrogen-bond donors (Lipinski definition) is 0. The Hall–Kier alpha value is -2.04. The molecule has 0 spiro atoms. The van der Waals surface area contributed by atoms with Gasteiger partial charge in [-0.3, -0.25) is 0 Å². The molecular formula is C11H12N4. The number of nitriles is 4. The van der Waals surface area contributed by atoms with Crippen molar-refractivity contribution in [2.75, 3.05) is 0 Å². The molecule has 0 saturated carbocycles. The summed E-state index contributed by atoms with van der Waals surface area (Å²) in [5.41, 5.74) is -1.22. The first-order chi connectivity index (χ1) is 7.16. The van der Waals surface area contributed by atoms with E-state index in [2.05, 4.69) is 0 Å². The summed E-state index contributed by atoms with van der Waals surface area (Å²) < 4.78 is 0. The predicted octanol–water partition coefficient (Wildman–Crippen LogP) is 2.26. The third kappa shape index (κ3) is 3.30. The summed E-state index contributed by atoms with van der Waals surface area (Å²) in [6.07, 6.45) is 2.07. The largest absolute Gasteiger partial charge is 0.198 e. The van der Waals surface area contributed by atoms with Gasteiger partial charge in [-0.05, 0) is 26.2 Å². The van der Waals surface area contributed by atoms with Crippen LogP contribution in [0.4, 0.5) is 0 Å². The SMILES string of the molecule is CC(C#N)C(C#N)(C#N)CCCCC#N. The van der Waals surface area contributed by atoms with Crippen LogP contribution in [0.2, 0.25) is 0 Å². The molecule has 0 aliphatic rings. The fraction of sp³-hybridized carbons (Fsp3) is 0.636. The first kappa shape index (κ1) is 13.0. The van der Waals surface area contributed by atoms with Crippen LogP contribution in [0.3, 0.4) is 0 Å². The Labute approximate surface area is 90.0 Å². The van der Waals surface area contributed by atoms with Crippen LogP contribution in [0.1, 0.15) is 32.6 Å². The van der Waals surface area contributed by atoms with E-state index >= 15 is 0 Å². The summed E-state index contributed by atoms with van der Waals surface area (Å²) in [4.78, 5) is 0. The molecule has 0 aromatic heterocycles. The Balaban J connectivity index is 4.45. The topological polar surface area (TPSA) is 95.2 Å². The van der Waals surface area contributed by atoms with Crippen molar-refractivity contribution >= 4 is 0 Å². The van der Waals surface area contributed by atoms with E-state index in [-0.39, 0.29) is 0 Å². The molecule has 76 valence electrons. The van der Waals surface area contributed by atoms with Crippen LogP contribution >= 0.6 is 0 Å². The highest BCUT2D eigenvalue weighted by atomic mass is 14.4. The van der Waals surface area contributed by atoms with E-state index in [1.807, 2.05) is 24.3 Å². The van der Waals surface area contributed by atoms with E-state index in [4.69, 9.17) is 21.0 Å². The number of hydrogen-bond acceptors (Lipinski definition) is 4. The molecule has 0 aromatic carbocycles. The Kier molecular flexibility index (Phi) is 5.55. The highest BCUT2D eigenvalue weighted by molar-refractivity contribution is 5.19. The van der Waals surface area contributed by atoms with E-state index in [0.29, 0.717) is 25.7 Å². The molecule has 0 fully saturated rings. The minimum Gasteiger partial charge on any atom is -0.198 e. The van der Waals surface area contributed by atoms with E-state index in [1.54, 1.807) is 6.92 Å². The Morgan fingerprint density at radius 3 is 2.07 bits per heavy atom. The van der Waals surface area contributed by atoms with Gasteiger partial charge < -0.3 is 0 Å². The molecule has 0 aromatic rings. The molecule has 0 aliphatic heterocycles. The van der Waals surface area contributed by atoms with Crippen molar-refractivity contribution in [2.45, 2.75) is 32.6 Å². The summed E-state index contributed by atoms with van der Waals surface area (Å²) in [5, 5.41) is 35.0. The highest BCUT2D eigenvalue weighted by Crippen LogP contribution is 2.32. The van der Waals surface area contributed by atoms with Crippen molar-refractivity contribution in [3.8, 4) is 24.3 Å². The summed E-state index contributed by atoms with van der Waals surface area (Å²) in [5.74, 6) is -0.602. The van der Waals surface area contributed by atoms with Gasteiger partial charge in [-0.1, -0.05) is 0 Å². The lowest BCUT2D eigenvalue weighted by molar-refractivity contribution is 0.369. The minimum absolute atomic E-state index is 0.358. The van der Waals surface area contributed by atoms with E-state index < -0.39 is 11.3 Å². The Bertz CT molecular complexity index is 344. The molecule has 15 heavy (non-hydrogen) atoms. The zero-order valence-electron chi connectivity index (χ0n) is 8.69. The van der Waals surface area contributed by atoms with Crippen molar-refractivity contribution in [2.24, 2.45) is 11.3 Å². The molecule has 0 saturated heterocycles. The van der Waals surface area contributed by atoms with Gasteiger partial charge in [-0.15, -0.1) is 0 Å². The maximum atomic E-state index is 8.95. The fourth-order valence-corrected chi connectivity index (χ4v) is 1.27. The molecule has 0 heterocycles. The number of rotatable bonds is 5. The standard InChI is InChI=1S/C11H12N4/c1-10(7-13)11(8-14,9-15)5-3-2-4-6-12/h10H,2-5H2,1H3. The smallest absolute Gasteiger partial charge is 0.159 e. The Morgan fingerprint density at radius 2 is 1.67 bits per heavy atom. The van der Waals surface area contributed by atoms with Gasteiger partial charge in [0.25, 0.3) is 0 Å². The van der Waals surface area contributed by atoms with E-state index in [0.717, 1.165) is 0 Å². The quantitative estimate of drug-likeness (QED) is 0.636. The zero-order chi connectivity index (χ0) is 11.7. The molecule has 0 rings (SSSR count). The summed E-state index contributed by atoms with van der Waals surface area (Å²) in [6, 6.07) is 7.79. The van der Waals surface area contributed by atoms with Crippen LogP contribution in [0, 0.1) is 56.7 Å². The van der Waals surface area contributed by atoms with Gasteiger partial charge in [0.05, 0.1) is 30.2 Å². The average Bonchev–Trinajstić information content (AvgIpc) is 2.29. The minimum atomic E-state index is -1.22. The van der Waals surface area contributed by atoms with Crippen molar-refractivity contribution in [3.05, 3.63) is 0 Å². The maximum Gasteiger partial charge on any atom is 0.159 e. The Morgan fingerprint density at radius 1 is 1.07 bits per heavy atom. The second kappa shape index (κ2) is 6.42. The van der Waals surface area contributed by atoms with Gasteiger partial charge in [0.1, 0.15) is 0 Å². The fourth-order valence-electron chi connectivity index (χ4n) is 1.27. The van der Waals surface area contributed by atoms with E-state index in [9.17, 15) is 0 Å². The molecule has 1 unspecified atom stereocenters. The van der Waals surface area contributed by atoms with Crippen molar-refractivity contribution < 1.29 is 0 Å². The average molecular weight is 200 g/mol. The highest BCUT2D eigenvalue weighted by Gasteiger charge is 2.36. The number of unbranched alkanes of at least 4 members (excludes halogenated alkanes) is 2. The van der Waals surface area contributed by atoms with Crippen LogP contribution in [0.15, 0.2) is 0 Å². The lowest BCUT2D eigenvalue weighted by atomic mass is 9.75. The van der Waals surface area contributed by atoms with Crippen LogP contribution < -0.4 is 0 Å². The maximum absolute atomic E-state index is 8.95. The summed E-state index contributed by atoms with van der Waals surface area (Å²) in [6.45, 7) is 1.58. The molecule has 4 heteroatoms.